The molecule has 0 radical (unpaired) electrons. The fourth-order valence-electron chi connectivity index (χ4n) is 2.05. The van der Waals surface area contributed by atoms with Crippen LogP contribution in [0.5, 0.6) is 5.75 Å². The minimum atomic E-state index is -0.0276. The zero-order valence-corrected chi connectivity index (χ0v) is 14.1. The Morgan fingerprint density at radius 3 is 2.57 bits per heavy atom. The highest BCUT2D eigenvalue weighted by atomic mass is 127. The van der Waals surface area contributed by atoms with Gasteiger partial charge in [0.1, 0.15) is 5.75 Å². The lowest BCUT2D eigenvalue weighted by molar-refractivity contribution is 0.0953. The van der Waals surface area contributed by atoms with Crippen LogP contribution in [-0.2, 0) is 6.42 Å². The van der Waals surface area contributed by atoms with Crippen molar-refractivity contribution >= 4 is 28.5 Å². The van der Waals surface area contributed by atoms with Gasteiger partial charge in [-0.25, -0.2) is 0 Å². The van der Waals surface area contributed by atoms with Crippen LogP contribution in [0, 0.1) is 10.5 Å². The minimum absolute atomic E-state index is 0.0276. The minimum Gasteiger partial charge on any atom is -0.508 e. The van der Waals surface area contributed by atoms with Crippen LogP contribution < -0.4 is 5.32 Å². The Hall–Kier alpha value is -1.56. The van der Waals surface area contributed by atoms with Gasteiger partial charge in [-0.1, -0.05) is 12.1 Å². The molecule has 3 nitrogen and oxygen atoms in total. The van der Waals surface area contributed by atoms with Crippen molar-refractivity contribution < 1.29 is 9.90 Å². The van der Waals surface area contributed by atoms with Gasteiger partial charge in [0.25, 0.3) is 5.91 Å². The van der Waals surface area contributed by atoms with Crippen LogP contribution in [-0.4, -0.2) is 17.6 Å². The van der Waals surface area contributed by atoms with E-state index >= 15 is 0 Å². The summed E-state index contributed by atoms with van der Waals surface area (Å²) in [6.07, 6.45) is 1.76. The number of phenolic OH excluding ortho intramolecular Hbond substituents is 1. The van der Waals surface area contributed by atoms with Gasteiger partial charge < -0.3 is 10.4 Å². The van der Waals surface area contributed by atoms with Crippen molar-refractivity contribution in [2.24, 2.45) is 0 Å². The molecular weight excluding hydrogens is 377 g/mol. The molecule has 0 bridgehead atoms. The molecule has 4 heteroatoms. The van der Waals surface area contributed by atoms with Crippen LogP contribution in [0.3, 0.4) is 0 Å². The third-order valence-electron chi connectivity index (χ3n) is 3.28. The standard InChI is InChI=1S/C17H18INO2/c1-12-11-14(6-9-16(12)18)17(21)19-10-2-3-13-4-7-15(20)8-5-13/h4-9,11,20H,2-3,10H2,1H3,(H,19,21). The molecular formula is C17H18INO2. The summed E-state index contributed by atoms with van der Waals surface area (Å²) >= 11 is 2.26. The molecule has 0 aliphatic heterocycles. The molecule has 0 aromatic heterocycles. The van der Waals surface area contributed by atoms with E-state index < -0.39 is 0 Å². The molecule has 0 saturated carbocycles. The van der Waals surface area contributed by atoms with E-state index in [4.69, 9.17) is 0 Å². The monoisotopic (exact) mass is 395 g/mol. The van der Waals surface area contributed by atoms with Crippen LogP contribution in [0.15, 0.2) is 42.5 Å². The summed E-state index contributed by atoms with van der Waals surface area (Å²) in [5.74, 6) is 0.251. The van der Waals surface area contributed by atoms with Crippen LogP contribution in [0.1, 0.15) is 27.9 Å². The highest BCUT2D eigenvalue weighted by molar-refractivity contribution is 14.1. The molecule has 2 aromatic rings. The van der Waals surface area contributed by atoms with Crippen molar-refractivity contribution in [3.63, 3.8) is 0 Å². The average Bonchev–Trinajstić information content (AvgIpc) is 2.48. The second-order valence-electron chi connectivity index (χ2n) is 4.99. The third-order valence-corrected chi connectivity index (χ3v) is 4.49. The van der Waals surface area contributed by atoms with Crippen molar-refractivity contribution in [2.45, 2.75) is 19.8 Å². The summed E-state index contributed by atoms with van der Waals surface area (Å²) in [4.78, 5) is 12.0. The molecule has 0 aliphatic rings. The van der Waals surface area contributed by atoms with Gasteiger partial charge in [0.05, 0.1) is 0 Å². The molecule has 0 aliphatic carbocycles. The Balaban J connectivity index is 1.79. The first-order valence-corrected chi connectivity index (χ1v) is 7.96. The number of halogens is 1. The quantitative estimate of drug-likeness (QED) is 0.600. The van der Waals surface area contributed by atoms with Gasteiger partial charge in [-0.3, -0.25) is 4.79 Å². The second-order valence-corrected chi connectivity index (χ2v) is 6.15. The number of nitrogens with one attached hydrogen (secondary N) is 1. The molecule has 0 unspecified atom stereocenters. The molecule has 2 N–H and O–H groups in total. The van der Waals surface area contributed by atoms with Crippen LogP contribution in [0.4, 0.5) is 0 Å². The van der Waals surface area contributed by atoms with E-state index in [-0.39, 0.29) is 11.7 Å². The number of aromatic hydroxyl groups is 1. The number of phenols is 1. The summed E-state index contributed by atoms with van der Waals surface area (Å²) in [5, 5.41) is 12.1. The zero-order valence-electron chi connectivity index (χ0n) is 11.9. The van der Waals surface area contributed by atoms with Crippen LogP contribution >= 0.6 is 22.6 Å². The first kappa shape index (κ1) is 15.8. The molecule has 0 heterocycles. The fourth-order valence-corrected chi connectivity index (χ4v) is 2.38. The van der Waals surface area contributed by atoms with Crippen molar-refractivity contribution in [2.75, 3.05) is 6.54 Å². The summed E-state index contributed by atoms with van der Waals surface area (Å²) in [6.45, 7) is 2.65. The number of aryl methyl sites for hydroxylation is 2. The number of carbonyl (C=O) groups excluding carboxylic acids is 1. The third kappa shape index (κ3) is 4.74. The fraction of sp³-hybridized carbons (Fsp3) is 0.235. The van der Waals surface area contributed by atoms with E-state index in [1.807, 2.05) is 37.3 Å². The lowest BCUT2D eigenvalue weighted by Gasteiger charge is -2.07. The molecule has 0 atom stereocenters. The molecule has 21 heavy (non-hydrogen) atoms. The van der Waals surface area contributed by atoms with Gasteiger partial charge in [-0.15, -0.1) is 0 Å². The number of hydrogen-bond donors (Lipinski definition) is 2. The van der Waals surface area contributed by atoms with E-state index in [9.17, 15) is 9.90 Å². The second kappa shape index (κ2) is 7.45. The van der Waals surface area contributed by atoms with Crippen molar-refractivity contribution in [1.29, 1.82) is 0 Å². The number of benzene rings is 2. The summed E-state index contributed by atoms with van der Waals surface area (Å²) in [6, 6.07) is 12.9. The Morgan fingerprint density at radius 1 is 1.19 bits per heavy atom. The molecule has 1 amide bonds. The van der Waals surface area contributed by atoms with Crippen molar-refractivity contribution in [1.82, 2.24) is 5.32 Å². The molecule has 110 valence electrons. The van der Waals surface area contributed by atoms with E-state index in [0.717, 1.165) is 27.5 Å². The van der Waals surface area contributed by atoms with Gasteiger partial charge in [0.2, 0.25) is 0 Å². The zero-order chi connectivity index (χ0) is 15.2. The highest BCUT2D eigenvalue weighted by Gasteiger charge is 2.06. The Kier molecular flexibility index (Phi) is 5.61. The topological polar surface area (TPSA) is 49.3 Å². The predicted molar refractivity (Wildman–Crippen MR) is 92.7 cm³/mol. The maximum absolute atomic E-state index is 12.0. The Bertz CT molecular complexity index is 623. The lowest BCUT2D eigenvalue weighted by Crippen LogP contribution is -2.24. The predicted octanol–water partition coefficient (Wildman–Crippen LogP) is 3.67. The normalized spacial score (nSPS) is 10.4. The molecule has 2 aromatic carbocycles. The molecule has 0 spiro atoms. The summed E-state index contributed by atoms with van der Waals surface area (Å²) in [7, 11) is 0. The smallest absolute Gasteiger partial charge is 0.251 e. The number of hydrogen-bond acceptors (Lipinski definition) is 2. The number of rotatable bonds is 5. The van der Waals surface area contributed by atoms with E-state index in [0.29, 0.717) is 12.1 Å². The van der Waals surface area contributed by atoms with Gasteiger partial charge in [0, 0.05) is 15.7 Å². The van der Waals surface area contributed by atoms with Gasteiger partial charge >= 0.3 is 0 Å². The van der Waals surface area contributed by atoms with E-state index in [1.54, 1.807) is 12.1 Å². The Labute approximate surface area is 138 Å². The average molecular weight is 395 g/mol. The van der Waals surface area contributed by atoms with Gasteiger partial charge in [-0.2, -0.15) is 0 Å². The number of amides is 1. The van der Waals surface area contributed by atoms with Gasteiger partial charge in [-0.05, 0) is 83.8 Å². The van der Waals surface area contributed by atoms with E-state index in [1.165, 1.54) is 0 Å². The largest absolute Gasteiger partial charge is 0.508 e. The molecule has 0 fully saturated rings. The first-order valence-electron chi connectivity index (χ1n) is 6.88. The summed E-state index contributed by atoms with van der Waals surface area (Å²) in [5.41, 5.74) is 2.98. The van der Waals surface area contributed by atoms with E-state index in [2.05, 4.69) is 27.9 Å². The summed E-state index contributed by atoms with van der Waals surface area (Å²) < 4.78 is 1.16. The maximum Gasteiger partial charge on any atom is 0.251 e. The van der Waals surface area contributed by atoms with Crippen LogP contribution in [0.25, 0.3) is 0 Å². The maximum atomic E-state index is 12.0. The highest BCUT2D eigenvalue weighted by Crippen LogP contribution is 2.13. The lowest BCUT2D eigenvalue weighted by atomic mass is 10.1. The molecule has 0 saturated heterocycles. The first-order chi connectivity index (χ1) is 10.1. The SMILES string of the molecule is Cc1cc(C(=O)NCCCc2ccc(O)cc2)ccc1I. The van der Waals surface area contributed by atoms with Crippen molar-refractivity contribution in [3.05, 3.63) is 62.7 Å². The van der Waals surface area contributed by atoms with Crippen LogP contribution in [0.2, 0.25) is 0 Å². The van der Waals surface area contributed by atoms with Crippen molar-refractivity contribution in [3.8, 4) is 5.75 Å². The Morgan fingerprint density at radius 2 is 1.90 bits per heavy atom. The molecule has 2 rings (SSSR count). The van der Waals surface area contributed by atoms with Gasteiger partial charge in [0.15, 0.2) is 0 Å². The number of carbonyl (C=O) groups is 1.